The van der Waals surface area contributed by atoms with Crippen LogP contribution in [0.25, 0.3) is 0 Å². The number of rotatable bonds is 4. The van der Waals surface area contributed by atoms with Crippen LogP contribution in [0.5, 0.6) is 0 Å². The molecule has 1 atom stereocenters. The third-order valence-electron chi connectivity index (χ3n) is 2.43. The van der Waals surface area contributed by atoms with E-state index in [1.54, 1.807) is 6.07 Å². The van der Waals surface area contributed by atoms with E-state index in [4.69, 9.17) is 16.7 Å². The Morgan fingerprint density at radius 2 is 2.06 bits per heavy atom. The van der Waals surface area contributed by atoms with Gasteiger partial charge < -0.3 is 10.4 Å². The Balaban J connectivity index is 2.97. The van der Waals surface area contributed by atoms with Gasteiger partial charge in [0, 0.05) is 11.5 Å². The van der Waals surface area contributed by atoms with Crippen LogP contribution in [0.4, 0.5) is 5.82 Å². The molecule has 0 fully saturated rings. The molecule has 17 heavy (non-hydrogen) atoms. The van der Waals surface area contributed by atoms with E-state index in [1.807, 2.05) is 27.7 Å². The minimum atomic E-state index is -0.151. The van der Waals surface area contributed by atoms with E-state index in [9.17, 15) is 0 Å². The molecule has 96 valence electrons. The zero-order valence-corrected chi connectivity index (χ0v) is 11.5. The summed E-state index contributed by atoms with van der Waals surface area (Å²) in [5.41, 5.74) is -0.151. The van der Waals surface area contributed by atoms with Crippen LogP contribution >= 0.6 is 11.6 Å². The smallest absolute Gasteiger partial charge is 0.137 e. The number of aliphatic hydroxyl groups is 1. The maximum absolute atomic E-state index is 9.15. The summed E-state index contributed by atoms with van der Waals surface area (Å²) < 4.78 is 0. The third kappa shape index (κ3) is 4.13. The van der Waals surface area contributed by atoms with Crippen molar-refractivity contribution in [2.75, 3.05) is 11.9 Å². The Morgan fingerprint density at radius 3 is 2.53 bits per heavy atom. The van der Waals surface area contributed by atoms with Gasteiger partial charge in [-0.15, -0.1) is 0 Å². The number of halogens is 1. The monoisotopic (exact) mass is 257 g/mol. The van der Waals surface area contributed by atoms with Crippen molar-refractivity contribution < 1.29 is 5.11 Å². The van der Waals surface area contributed by atoms with Crippen LogP contribution in [-0.4, -0.2) is 27.7 Å². The largest absolute Gasteiger partial charge is 0.394 e. The molecule has 5 heteroatoms. The van der Waals surface area contributed by atoms with E-state index in [1.165, 1.54) is 0 Å². The van der Waals surface area contributed by atoms with E-state index >= 15 is 0 Å². The van der Waals surface area contributed by atoms with Gasteiger partial charge in [0.25, 0.3) is 0 Å². The zero-order chi connectivity index (χ0) is 13.1. The molecule has 0 aliphatic heterocycles. The summed E-state index contributed by atoms with van der Waals surface area (Å²) in [4.78, 5) is 8.64. The molecule has 0 aliphatic rings. The maximum Gasteiger partial charge on any atom is 0.137 e. The summed E-state index contributed by atoms with van der Waals surface area (Å²) in [6.07, 6.45) is 0.822. The van der Waals surface area contributed by atoms with Gasteiger partial charge in [-0.05, 0) is 6.42 Å². The number of aliphatic hydroxyl groups excluding tert-OH is 1. The molecule has 0 saturated heterocycles. The number of nitrogens with one attached hydrogen (secondary N) is 1. The van der Waals surface area contributed by atoms with Gasteiger partial charge >= 0.3 is 0 Å². The molecule has 1 aromatic heterocycles. The lowest BCUT2D eigenvalue weighted by Crippen LogP contribution is -2.24. The second-order valence-corrected chi connectivity index (χ2v) is 5.47. The van der Waals surface area contributed by atoms with Crippen molar-refractivity contribution in [2.45, 2.75) is 45.6 Å². The molecule has 4 nitrogen and oxygen atoms in total. The van der Waals surface area contributed by atoms with E-state index in [-0.39, 0.29) is 18.1 Å². The Labute approximate surface area is 107 Å². The Bertz CT molecular complexity index is 373. The fraction of sp³-hybridized carbons (Fsp3) is 0.667. The first-order valence-corrected chi connectivity index (χ1v) is 6.17. The normalized spacial score (nSPS) is 13.5. The first-order valence-electron chi connectivity index (χ1n) is 5.79. The van der Waals surface area contributed by atoms with Crippen molar-refractivity contribution in [3.8, 4) is 0 Å². The fourth-order valence-electron chi connectivity index (χ4n) is 1.31. The predicted molar refractivity (Wildman–Crippen MR) is 70.5 cm³/mol. The average Bonchev–Trinajstić information content (AvgIpc) is 2.24. The zero-order valence-electron chi connectivity index (χ0n) is 10.8. The molecule has 1 rings (SSSR count). The average molecular weight is 258 g/mol. The summed E-state index contributed by atoms with van der Waals surface area (Å²) >= 11 is 5.97. The second kappa shape index (κ2) is 5.65. The minimum Gasteiger partial charge on any atom is -0.394 e. The lowest BCUT2D eigenvalue weighted by Gasteiger charge is -2.20. The summed E-state index contributed by atoms with van der Waals surface area (Å²) in [5.74, 6) is 1.36. The van der Waals surface area contributed by atoms with Gasteiger partial charge in [0.05, 0.1) is 12.6 Å². The standard InChI is InChI=1S/C12H20ClN3O/c1-5-8(7-17)14-10-6-9(13)15-11(16-10)12(2,3)4/h6,8,17H,5,7H2,1-4H3,(H,14,15,16). The highest BCUT2D eigenvalue weighted by Crippen LogP contribution is 2.22. The lowest BCUT2D eigenvalue weighted by atomic mass is 9.96. The molecule has 0 bridgehead atoms. The molecule has 1 unspecified atom stereocenters. The van der Waals surface area contributed by atoms with Gasteiger partial charge in [0.2, 0.25) is 0 Å². The molecule has 2 N–H and O–H groups in total. The molecule has 0 radical (unpaired) electrons. The number of nitrogens with zero attached hydrogens (tertiary/aromatic N) is 2. The van der Waals surface area contributed by atoms with Gasteiger partial charge in [-0.3, -0.25) is 0 Å². The lowest BCUT2D eigenvalue weighted by molar-refractivity contribution is 0.271. The summed E-state index contributed by atoms with van der Waals surface area (Å²) in [7, 11) is 0. The van der Waals surface area contributed by atoms with Crippen molar-refractivity contribution in [1.29, 1.82) is 0 Å². The van der Waals surface area contributed by atoms with Crippen molar-refractivity contribution >= 4 is 17.4 Å². The van der Waals surface area contributed by atoms with E-state index < -0.39 is 0 Å². The van der Waals surface area contributed by atoms with Gasteiger partial charge in [-0.1, -0.05) is 39.3 Å². The van der Waals surface area contributed by atoms with E-state index in [0.29, 0.717) is 16.8 Å². The number of hydrogen-bond donors (Lipinski definition) is 2. The van der Waals surface area contributed by atoms with Crippen LogP contribution in [0.15, 0.2) is 6.07 Å². The van der Waals surface area contributed by atoms with Crippen LogP contribution < -0.4 is 5.32 Å². The predicted octanol–water partition coefficient (Wildman–Crippen LogP) is 2.61. The number of aromatic nitrogens is 2. The van der Waals surface area contributed by atoms with Crippen LogP contribution in [0.1, 0.15) is 39.9 Å². The topological polar surface area (TPSA) is 58.0 Å². The summed E-state index contributed by atoms with van der Waals surface area (Å²) in [5, 5.41) is 12.7. The van der Waals surface area contributed by atoms with Crippen molar-refractivity contribution in [3.63, 3.8) is 0 Å². The minimum absolute atomic E-state index is 0.00575. The highest BCUT2D eigenvalue weighted by Gasteiger charge is 2.19. The Kier molecular flexibility index (Phi) is 4.71. The van der Waals surface area contributed by atoms with Crippen LogP contribution in [0.3, 0.4) is 0 Å². The van der Waals surface area contributed by atoms with E-state index in [2.05, 4.69) is 15.3 Å². The molecular weight excluding hydrogens is 238 g/mol. The third-order valence-corrected chi connectivity index (χ3v) is 2.62. The SMILES string of the molecule is CCC(CO)Nc1cc(Cl)nc(C(C)(C)C)n1. The first-order chi connectivity index (χ1) is 7.86. The molecule has 0 amide bonds. The number of anilines is 1. The second-order valence-electron chi connectivity index (χ2n) is 5.08. The van der Waals surface area contributed by atoms with Crippen LogP contribution in [-0.2, 0) is 5.41 Å². The molecule has 1 aromatic rings. The highest BCUT2D eigenvalue weighted by molar-refractivity contribution is 6.29. The fourth-order valence-corrected chi connectivity index (χ4v) is 1.50. The molecule has 1 heterocycles. The van der Waals surface area contributed by atoms with Crippen molar-refractivity contribution in [3.05, 3.63) is 17.0 Å². The molecule has 0 aliphatic carbocycles. The Hall–Kier alpha value is -0.870. The molecule has 0 saturated carbocycles. The summed E-state index contributed by atoms with van der Waals surface area (Å²) in [6.45, 7) is 8.17. The Morgan fingerprint density at radius 1 is 1.41 bits per heavy atom. The van der Waals surface area contributed by atoms with Crippen LogP contribution in [0, 0.1) is 0 Å². The molecule has 0 aromatic carbocycles. The first kappa shape index (κ1) is 14.2. The molecular formula is C12H20ClN3O. The van der Waals surface area contributed by atoms with Crippen molar-refractivity contribution in [1.82, 2.24) is 9.97 Å². The van der Waals surface area contributed by atoms with Gasteiger partial charge in [-0.2, -0.15) is 0 Å². The van der Waals surface area contributed by atoms with Crippen LogP contribution in [0.2, 0.25) is 5.15 Å². The molecule has 0 spiro atoms. The summed E-state index contributed by atoms with van der Waals surface area (Å²) in [6, 6.07) is 1.67. The van der Waals surface area contributed by atoms with Gasteiger partial charge in [0.15, 0.2) is 0 Å². The van der Waals surface area contributed by atoms with Gasteiger partial charge in [-0.25, -0.2) is 9.97 Å². The maximum atomic E-state index is 9.15. The highest BCUT2D eigenvalue weighted by atomic mass is 35.5. The van der Waals surface area contributed by atoms with Gasteiger partial charge in [0.1, 0.15) is 16.8 Å². The quantitative estimate of drug-likeness (QED) is 0.814. The van der Waals surface area contributed by atoms with E-state index in [0.717, 1.165) is 6.42 Å². The number of hydrogen-bond acceptors (Lipinski definition) is 4. The van der Waals surface area contributed by atoms with Crippen molar-refractivity contribution in [2.24, 2.45) is 0 Å².